The normalized spacial score (nSPS) is 13.4. The van der Waals surface area contributed by atoms with Crippen LogP contribution in [0.15, 0.2) is 0 Å². The summed E-state index contributed by atoms with van der Waals surface area (Å²) in [6.45, 7) is 5.08. The van der Waals surface area contributed by atoms with E-state index >= 15 is 0 Å². The third-order valence-electron chi connectivity index (χ3n) is 1.04. The minimum Gasteiger partial charge on any atom is -0.322 e. The maximum absolute atomic E-state index is 10.4. The molecule has 0 aromatic heterocycles. The smallest absolute Gasteiger partial charge is 0.146 e. The van der Waals surface area contributed by atoms with Gasteiger partial charge in [0.25, 0.3) is 0 Å². The molecule has 0 heterocycles. The zero-order valence-corrected chi connectivity index (χ0v) is 5.18. The fourth-order valence-electron chi connectivity index (χ4n) is 0.423. The molecule has 0 aliphatic heterocycles. The van der Waals surface area contributed by atoms with Crippen LogP contribution < -0.4 is 5.73 Å². The van der Waals surface area contributed by atoms with E-state index in [1.165, 1.54) is 6.92 Å². The van der Waals surface area contributed by atoms with Gasteiger partial charge in [0.05, 0.1) is 6.04 Å². The quantitative estimate of drug-likeness (QED) is 0.581. The second-order valence-electron chi connectivity index (χ2n) is 1.86. The lowest BCUT2D eigenvalue weighted by Gasteiger charge is -2.02. The van der Waals surface area contributed by atoms with Crippen molar-refractivity contribution in [1.82, 2.24) is 0 Å². The summed E-state index contributed by atoms with van der Waals surface area (Å²) in [7, 11) is 0. The minimum absolute atomic E-state index is 0.0497. The molecule has 0 rings (SSSR count). The number of carbonyl (C=O) groups is 1. The standard InChI is InChI=1S/C6H12NO/c1-3-4-6(7)5(2)8/h6H,1,3-4,7H2,2H3. The fraction of sp³-hybridized carbons (Fsp3) is 0.667. The largest absolute Gasteiger partial charge is 0.322 e. The predicted octanol–water partition coefficient (Wildman–Crippen LogP) is 0.517. The molecular formula is C6H12NO. The van der Waals surface area contributed by atoms with E-state index in [2.05, 4.69) is 6.92 Å². The lowest BCUT2D eigenvalue weighted by Crippen LogP contribution is -2.27. The van der Waals surface area contributed by atoms with E-state index in [9.17, 15) is 4.79 Å². The average molecular weight is 114 g/mol. The van der Waals surface area contributed by atoms with Gasteiger partial charge in [-0.15, -0.1) is 0 Å². The van der Waals surface area contributed by atoms with Gasteiger partial charge in [-0.2, -0.15) is 0 Å². The van der Waals surface area contributed by atoms with E-state index < -0.39 is 0 Å². The maximum Gasteiger partial charge on any atom is 0.146 e. The van der Waals surface area contributed by atoms with Crippen LogP contribution in [0.2, 0.25) is 0 Å². The Balaban J connectivity index is 3.32. The first-order valence-corrected chi connectivity index (χ1v) is 2.73. The van der Waals surface area contributed by atoms with Crippen LogP contribution in [-0.2, 0) is 4.79 Å². The molecule has 0 aliphatic carbocycles. The first-order chi connectivity index (χ1) is 3.68. The molecule has 0 saturated carbocycles. The van der Waals surface area contributed by atoms with E-state index in [4.69, 9.17) is 5.73 Å². The molecule has 0 fully saturated rings. The number of hydrogen-bond donors (Lipinski definition) is 1. The second-order valence-corrected chi connectivity index (χ2v) is 1.86. The molecule has 0 bridgehead atoms. The lowest BCUT2D eigenvalue weighted by atomic mass is 10.1. The summed E-state index contributed by atoms with van der Waals surface area (Å²) in [5.41, 5.74) is 5.34. The van der Waals surface area contributed by atoms with Gasteiger partial charge in [0.1, 0.15) is 5.78 Å². The van der Waals surface area contributed by atoms with Crippen molar-refractivity contribution in [2.24, 2.45) is 5.73 Å². The molecule has 1 atom stereocenters. The highest BCUT2D eigenvalue weighted by atomic mass is 16.1. The summed E-state index contributed by atoms with van der Waals surface area (Å²) in [5.74, 6) is 0.0497. The van der Waals surface area contributed by atoms with E-state index in [0.717, 1.165) is 6.42 Å². The third kappa shape index (κ3) is 2.75. The van der Waals surface area contributed by atoms with Crippen molar-refractivity contribution in [2.45, 2.75) is 25.8 Å². The molecule has 0 aliphatic rings. The van der Waals surface area contributed by atoms with Gasteiger partial charge in [-0.05, 0) is 13.3 Å². The molecule has 1 radical (unpaired) electrons. The highest BCUT2D eigenvalue weighted by molar-refractivity contribution is 5.80. The van der Waals surface area contributed by atoms with Gasteiger partial charge in [-0.25, -0.2) is 0 Å². The van der Waals surface area contributed by atoms with E-state index in [1.54, 1.807) is 0 Å². The highest BCUT2D eigenvalue weighted by Gasteiger charge is 2.03. The maximum atomic E-state index is 10.4. The van der Waals surface area contributed by atoms with Gasteiger partial charge < -0.3 is 5.73 Å². The molecule has 0 amide bonds. The summed E-state index contributed by atoms with van der Waals surface area (Å²) >= 11 is 0. The highest BCUT2D eigenvalue weighted by Crippen LogP contribution is 1.92. The van der Waals surface area contributed by atoms with Crippen LogP contribution in [0.5, 0.6) is 0 Å². The van der Waals surface area contributed by atoms with E-state index in [0.29, 0.717) is 6.42 Å². The summed E-state index contributed by atoms with van der Waals surface area (Å²) in [4.78, 5) is 10.4. The molecule has 8 heavy (non-hydrogen) atoms. The zero-order valence-electron chi connectivity index (χ0n) is 5.18. The van der Waals surface area contributed by atoms with E-state index in [1.807, 2.05) is 0 Å². The minimum atomic E-state index is -0.285. The molecule has 0 aromatic rings. The van der Waals surface area contributed by atoms with Crippen molar-refractivity contribution in [2.75, 3.05) is 0 Å². The van der Waals surface area contributed by atoms with Gasteiger partial charge in [0.2, 0.25) is 0 Å². The van der Waals surface area contributed by atoms with Crippen molar-refractivity contribution >= 4 is 5.78 Å². The van der Waals surface area contributed by atoms with Crippen LogP contribution in [0.1, 0.15) is 19.8 Å². The molecule has 2 heteroatoms. The van der Waals surface area contributed by atoms with Crippen LogP contribution in [0, 0.1) is 6.92 Å². The molecule has 2 N–H and O–H groups in total. The number of rotatable bonds is 3. The predicted molar refractivity (Wildman–Crippen MR) is 33.2 cm³/mol. The Bertz CT molecular complexity index is 80.6. The molecule has 47 valence electrons. The fourth-order valence-corrected chi connectivity index (χ4v) is 0.423. The Hall–Kier alpha value is -0.370. The van der Waals surface area contributed by atoms with Crippen LogP contribution in [0.25, 0.3) is 0 Å². The average Bonchev–Trinajstić information content (AvgIpc) is 1.67. The summed E-state index contributed by atoms with van der Waals surface area (Å²) in [5, 5.41) is 0. The molecule has 0 saturated heterocycles. The molecule has 0 spiro atoms. The molecule has 1 unspecified atom stereocenters. The van der Waals surface area contributed by atoms with Crippen LogP contribution in [0.3, 0.4) is 0 Å². The summed E-state index contributed by atoms with van der Waals surface area (Å²) < 4.78 is 0. The van der Waals surface area contributed by atoms with Gasteiger partial charge in [-0.3, -0.25) is 4.79 Å². The van der Waals surface area contributed by atoms with Crippen molar-refractivity contribution in [3.63, 3.8) is 0 Å². The Morgan fingerprint density at radius 1 is 1.88 bits per heavy atom. The monoisotopic (exact) mass is 114 g/mol. The Kier molecular flexibility index (Phi) is 3.44. The van der Waals surface area contributed by atoms with Crippen molar-refractivity contribution in [3.05, 3.63) is 6.92 Å². The second kappa shape index (κ2) is 3.61. The number of ketones is 1. The number of hydrogen-bond acceptors (Lipinski definition) is 2. The Morgan fingerprint density at radius 3 is 2.50 bits per heavy atom. The van der Waals surface area contributed by atoms with Crippen LogP contribution in [-0.4, -0.2) is 11.8 Å². The molecular weight excluding hydrogens is 102 g/mol. The SMILES string of the molecule is [CH2]CCC(N)C(C)=O. The van der Waals surface area contributed by atoms with Gasteiger partial charge in [0, 0.05) is 0 Å². The molecule has 2 nitrogen and oxygen atoms in total. The topological polar surface area (TPSA) is 43.1 Å². The lowest BCUT2D eigenvalue weighted by molar-refractivity contribution is -0.118. The molecule has 0 aromatic carbocycles. The number of Topliss-reactive ketones (excluding diaryl/α,β-unsaturated/α-hetero) is 1. The van der Waals surface area contributed by atoms with E-state index in [-0.39, 0.29) is 11.8 Å². The zero-order chi connectivity index (χ0) is 6.57. The van der Waals surface area contributed by atoms with Crippen molar-refractivity contribution < 1.29 is 4.79 Å². The Labute approximate surface area is 50.1 Å². The van der Waals surface area contributed by atoms with Crippen molar-refractivity contribution in [3.8, 4) is 0 Å². The van der Waals surface area contributed by atoms with Gasteiger partial charge >= 0.3 is 0 Å². The van der Waals surface area contributed by atoms with Crippen LogP contribution in [0.4, 0.5) is 0 Å². The number of nitrogens with two attached hydrogens (primary N) is 1. The Morgan fingerprint density at radius 2 is 2.38 bits per heavy atom. The van der Waals surface area contributed by atoms with Gasteiger partial charge in [0.15, 0.2) is 0 Å². The summed E-state index contributed by atoms with van der Waals surface area (Å²) in [6, 6.07) is -0.285. The first-order valence-electron chi connectivity index (χ1n) is 2.73. The first kappa shape index (κ1) is 7.63. The van der Waals surface area contributed by atoms with Crippen LogP contribution >= 0.6 is 0 Å². The number of carbonyl (C=O) groups excluding carboxylic acids is 1. The summed E-state index contributed by atoms with van der Waals surface area (Å²) in [6.07, 6.45) is 1.44. The van der Waals surface area contributed by atoms with Gasteiger partial charge in [-0.1, -0.05) is 13.3 Å². The van der Waals surface area contributed by atoms with Crippen molar-refractivity contribution in [1.29, 1.82) is 0 Å². The third-order valence-corrected chi connectivity index (χ3v) is 1.04.